The van der Waals surface area contributed by atoms with E-state index < -0.39 is 0 Å². The van der Waals surface area contributed by atoms with Gasteiger partial charge in [0.15, 0.2) is 0 Å². The van der Waals surface area contributed by atoms with Gasteiger partial charge in [-0.25, -0.2) is 4.39 Å². The summed E-state index contributed by atoms with van der Waals surface area (Å²) < 4.78 is 13.1. The van der Waals surface area contributed by atoms with E-state index in [0.717, 1.165) is 5.56 Å². The highest BCUT2D eigenvalue weighted by atomic mass is 19.1. The van der Waals surface area contributed by atoms with E-state index in [1.54, 1.807) is 6.07 Å². The summed E-state index contributed by atoms with van der Waals surface area (Å²) in [5.41, 5.74) is 6.54. The Labute approximate surface area is 108 Å². The molecule has 1 atom stereocenters. The summed E-state index contributed by atoms with van der Waals surface area (Å²) in [5, 5.41) is 2.83. The minimum absolute atomic E-state index is 0.0138. The van der Waals surface area contributed by atoms with Crippen molar-refractivity contribution in [2.24, 2.45) is 5.73 Å². The standard InChI is InChI=1S/C14H21FN2O/c1-10(2)17-14(18)7-6-12(9-16)11-4-3-5-13(15)8-11/h3-5,8,10,12H,6-7,9,16H2,1-2H3,(H,17,18). The summed E-state index contributed by atoms with van der Waals surface area (Å²) in [5.74, 6) is -0.226. The van der Waals surface area contributed by atoms with Gasteiger partial charge in [0.2, 0.25) is 5.91 Å². The number of amides is 1. The Bertz CT molecular complexity index is 393. The lowest BCUT2D eigenvalue weighted by Crippen LogP contribution is -2.30. The molecule has 0 aromatic heterocycles. The fourth-order valence-electron chi connectivity index (χ4n) is 1.88. The van der Waals surface area contributed by atoms with Crippen molar-refractivity contribution >= 4 is 5.91 Å². The van der Waals surface area contributed by atoms with Gasteiger partial charge in [-0.2, -0.15) is 0 Å². The van der Waals surface area contributed by atoms with Crippen molar-refractivity contribution in [2.75, 3.05) is 6.54 Å². The zero-order valence-electron chi connectivity index (χ0n) is 10.9. The predicted molar refractivity (Wildman–Crippen MR) is 70.7 cm³/mol. The summed E-state index contributed by atoms with van der Waals surface area (Å²) in [6.45, 7) is 4.26. The molecule has 100 valence electrons. The molecule has 3 N–H and O–H groups in total. The maximum Gasteiger partial charge on any atom is 0.220 e. The first-order chi connectivity index (χ1) is 8.52. The number of benzene rings is 1. The van der Waals surface area contributed by atoms with Crippen molar-refractivity contribution in [3.63, 3.8) is 0 Å². The topological polar surface area (TPSA) is 55.1 Å². The average Bonchev–Trinajstić information content (AvgIpc) is 2.29. The quantitative estimate of drug-likeness (QED) is 0.815. The molecule has 18 heavy (non-hydrogen) atoms. The maximum atomic E-state index is 13.1. The van der Waals surface area contributed by atoms with E-state index in [9.17, 15) is 9.18 Å². The zero-order valence-corrected chi connectivity index (χ0v) is 10.9. The second-order valence-electron chi connectivity index (χ2n) is 4.75. The summed E-state index contributed by atoms with van der Waals surface area (Å²) >= 11 is 0. The molecule has 0 bridgehead atoms. The van der Waals surface area contributed by atoms with Gasteiger partial charge in [-0.15, -0.1) is 0 Å². The SMILES string of the molecule is CC(C)NC(=O)CCC(CN)c1cccc(F)c1. The third kappa shape index (κ3) is 4.84. The molecule has 1 amide bonds. The minimum Gasteiger partial charge on any atom is -0.354 e. The Morgan fingerprint density at radius 1 is 1.44 bits per heavy atom. The Kier molecular flexibility index (Phi) is 5.78. The van der Waals surface area contributed by atoms with Crippen LogP contribution in [0.4, 0.5) is 4.39 Å². The molecule has 4 heteroatoms. The van der Waals surface area contributed by atoms with Crippen LogP contribution in [-0.4, -0.2) is 18.5 Å². The molecule has 0 saturated heterocycles. The molecule has 0 saturated carbocycles. The number of nitrogens with two attached hydrogens (primary N) is 1. The van der Waals surface area contributed by atoms with E-state index in [-0.39, 0.29) is 23.7 Å². The molecule has 1 aromatic rings. The van der Waals surface area contributed by atoms with Gasteiger partial charge in [-0.1, -0.05) is 12.1 Å². The highest BCUT2D eigenvalue weighted by Gasteiger charge is 2.13. The van der Waals surface area contributed by atoms with Crippen molar-refractivity contribution in [3.05, 3.63) is 35.6 Å². The molecular weight excluding hydrogens is 231 g/mol. The van der Waals surface area contributed by atoms with Crippen LogP contribution in [0.2, 0.25) is 0 Å². The second kappa shape index (κ2) is 7.11. The smallest absolute Gasteiger partial charge is 0.220 e. The largest absolute Gasteiger partial charge is 0.354 e. The summed E-state index contributed by atoms with van der Waals surface area (Å²) in [7, 11) is 0. The van der Waals surface area contributed by atoms with Crippen LogP contribution < -0.4 is 11.1 Å². The summed E-state index contributed by atoms with van der Waals surface area (Å²) in [6.07, 6.45) is 1.05. The Balaban J connectivity index is 2.55. The van der Waals surface area contributed by atoms with Gasteiger partial charge < -0.3 is 11.1 Å². The van der Waals surface area contributed by atoms with Gasteiger partial charge in [0.1, 0.15) is 5.82 Å². The third-order valence-electron chi connectivity index (χ3n) is 2.77. The fraction of sp³-hybridized carbons (Fsp3) is 0.500. The number of carbonyl (C=O) groups excluding carboxylic acids is 1. The van der Waals surface area contributed by atoms with E-state index >= 15 is 0 Å². The first-order valence-corrected chi connectivity index (χ1v) is 6.27. The molecule has 3 nitrogen and oxygen atoms in total. The Hall–Kier alpha value is -1.42. The van der Waals surface area contributed by atoms with E-state index in [1.807, 2.05) is 19.9 Å². The molecule has 1 rings (SSSR count). The van der Waals surface area contributed by atoms with Crippen LogP contribution in [0.1, 0.15) is 38.2 Å². The normalized spacial score (nSPS) is 12.5. The number of nitrogens with one attached hydrogen (secondary N) is 1. The third-order valence-corrected chi connectivity index (χ3v) is 2.77. The van der Waals surface area contributed by atoms with Gasteiger partial charge in [-0.3, -0.25) is 4.79 Å². The Morgan fingerprint density at radius 2 is 2.17 bits per heavy atom. The van der Waals surface area contributed by atoms with Gasteiger partial charge in [-0.05, 0) is 50.4 Å². The number of hydrogen-bond acceptors (Lipinski definition) is 2. The molecule has 0 aliphatic heterocycles. The van der Waals surface area contributed by atoms with Crippen LogP contribution in [-0.2, 0) is 4.79 Å². The van der Waals surface area contributed by atoms with Crippen molar-refractivity contribution in [1.29, 1.82) is 0 Å². The van der Waals surface area contributed by atoms with Crippen molar-refractivity contribution < 1.29 is 9.18 Å². The molecular formula is C14H21FN2O. The molecule has 0 heterocycles. The maximum absolute atomic E-state index is 13.1. The van der Waals surface area contributed by atoms with Gasteiger partial charge in [0.25, 0.3) is 0 Å². The number of rotatable bonds is 6. The van der Waals surface area contributed by atoms with Crippen LogP contribution in [0.3, 0.4) is 0 Å². The van der Waals surface area contributed by atoms with Gasteiger partial charge in [0, 0.05) is 12.5 Å². The Morgan fingerprint density at radius 3 is 2.72 bits per heavy atom. The minimum atomic E-state index is -0.266. The lowest BCUT2D eigenvalue weighted by molar-refractivity contribution is -0.121. The number of halogens is 1. The number of carbonyl (C=O) groups is 1. The monoisotopic (exact) mass is 252 g/mol. The highest BCUT2D eigenvalue weighted by molar-refractivity contribution is 5.76. The van der Waals surface area contributed by atoms with E-state index in [2.05, 4.69) is 5.32 Å². The van der Waals surface area contributed by atoms with Gasteiger partial charge in [0.05, 0.1) is 0 Å². The average molecular weight is 252 g/mol. The molecule has 0 aliphatic carbocycles. The van der Waals surface area contributed by atoms with Crippen LogP contribution in [0.25, 0.3) is 0 Å². The lowest BCUT2D eigenvalue weighted by atomic mass is 9.94. The first-order valence-electron chi connectivity index (χ1n) is 6.27. The van der Waals surface area contributed by atoms with Crippen molar-refractivity contribution in [2.45, 2.75) is 38.6 Å². The van der Waals surface area contributed by atoms with Gasteiger partial charge >= 0.3 is 0 Å². The first kappa shape index (κ1) is 14.6. The van der Waals surface area contributed by atoms with Crippen LogP contribution in [0, 0.1) is 5.82 Å². The fourth-order valence-corrected chi connectivity index (χ4v) is 1.88. The zero-order chi connectivity index (χ0) is 13.5. The highest BCUT2D eigenvalue weighted by Crippen LogP contribution is 2.20. The van der Waals surface area contributed by atoms with Crippen LogP contribution >= 0.6 is 0 Å². The van der Waals surface area contributed by atoms with E-state index in [1.165, 1.54) is 12.1 Å². The summed E-state index contributed by atoms with van der Waals surface area (Å²) in [6, 6.07) is 6.55. The van der Waals surface area contributed by atoms with Crippen molar-refractivity contribution in [3.8, 4) is 0 Å². The van der Waals surface area contributed by atoms with Crippen LogP contribution in [0.15, 0.2) is 24.3 Å². The molecule has 1 aromatic carbocycles. The van der Waals surface area contributed by atoms with E-state index in [0.29, 0.717) is 19.4 Å². The number of hydrogen-bond donors (Lipinski definition) is 2. The molecule has 0 radical (unpaired) electrons. The van der Waals surface area contributed by atoms with Crippen LogP contribution in [0.5, 0.6) is 0 Å². The molecule has 0 spiro atoms. The second-order valence-corrected chi connectivity index (χ2v) is 4.75. The summed E-state index contributed by atoms with van der Waals surface area (Å²) in [4.78, 5) is 11.5. The van der Waals surface area contributed by atoms with Crippen molar-refractivity contribution in [1.82, 2.24) is 5.32 Å². The molecule has 1 unspecified atom stereocenters. The molecule has 0 aliphatic rings. The molecule has 0 fully saturated rings. The lowest BCUT2D eigenvalue weighted by Gasteiger charge is -2.15. The van der Waals surface area contributed by atoms with E-state index in [4.69, 9.17) is 5.73 Å². The predicted octanol–water partition coefficient (Wildman–Crippen LogP) is 2.17.